The maximum Gasteiger partial charge on any atom is 0.433 e. The molecule has 1 amide bonds. The number of hydrogen-bond acceptors (Lipinski definition) is 6. The van der Waals surface area contributed by atoms with Crippen LogP contribution in [0.1, 0.15) is 24.4 Å². The maximum atomic E-state index is 11.7. The summed E-state index contributed by atoms with van der Waals surface area (Å²) in [4.78, 5) is 21.6. The summed E-state index contributed by atoms with van der Waals surface area (Å²) in [7, 11) is 0. The van der Waals surface area contributed by atoms with Crippen molar-refractivity contribution in [3.8, 4) is 0 Å². The van der Waals surface area contributed by atoms with Gasteiger partial charge in [-0.2, -0.15) is 0 Å². The Hall–Kier alpha value is -1.45. The van der Waals surface area contributed by atoms with E-state index in [9.17, 15) is 20.0 Å². The molecule has 0 fully saturated rings. The molecule has 0 saturated heterocycles. The lowest BCUT2D eigenvalue weighted by atomic mass is 10.2. The zero-order valence-corrected chi connectivity index (χ0v) is 13.3. The highest BCUT2D eigenvalue weighted by atomic mass is 79.9. The smallest absolute Gasteiger partial charge is 0.395 e. The van der Waals surface area contributed by atoms with Crippen LogP contribution in [0.15, 0.2) is 16.5 Å². The van der Waals surface area contributed by atoms with Crippen LogP contribution in [0.5, 0.6) is 0 Å². The quantitative estimate of drug-likeness (QED) is 0.360. The van der Waals surface area contributed by atoms with Crippen molar-refractivity contribution in [2.24, 2.45) is 0 Å². The van der Waals surface area contributed by atoms with Crippen molar-refractivity contribution in [2.75, 3.05) is 13.1 Å². The van der Waals surface area contributed by atoms with Gasteiger partial charge in [-0.3, -0.25) is 14.9 Å². The predicted molar refractivity (Wildman–Crippen MR) is 79.6 cm³/mol. The van der Waals surface area contributed by atoms with E-state index < -0.39 is 22.8 Å². The first-order valence-electron chi connectivity index (χ1n) is 6.39. The van der Waals surface area contributed by atoms with Gasteiger partial charge in [0.15, 0.2) is 5.76 Å². The fourth-order valence-corrected chi connectivity index (χ4v) is 1.59. The predicted octanol–water partition coefficient (Wildman–Crippen LogP) is 1.04. The topological polar surface area (TPSA) is 118 Å². The number of alkyl halides is 1. The highest BCUT2D eigenvalue weighted by molar-refractivity contribution is 9.09. The van der Waals surface area contributed by atoms with Crippen molar-refractivity contribution in [3.63, 3.8) is 0 Å². The zero-order valence-electron chi connectivity index (χ0n) is 11.7. The first kappa shape index (κ1) is 17.6. The van der Waals surface area contributed by atoms with Crippen molar-refractivity contribution in [2.45, 2.75) is 30.8 Å². The standard InChI is InChI=1S/C12H18BrN3O5/c1-7(13)8(2)14-5-9(17)6-15-12(18)10-3-4-11(21-10)16(19)20/h3-4,7-9,14,17H,5-6H2,1-2H3,(H,15,18)/t7-,8-,9?/m0/s1. The largest absolute Gasteiger partial charge is 0.433 e. The average Bonchev–Trinajstić information content (AvgIpc) is 2.91. The van der Waals surface area contributed by atoms with E-state index in [1.165, 1.54) is 6.07 Å². The van der Waals surface area contributed by atoms with Gasteiger partial charge in [-0.25, -0.2) is 0 Å². The van der Waals surface area contributed by atoms with Gasteiger partial charge in [0, 0.05) is 24.0 Å². The minimum Gasteiger partial charge on any atom is -0.395 e. The Balaban J connectivity index is 2.36. The van der Waals surface area contributed by atoms with Crippen LogP contribution in [0.2, 0.25) is 0 Å². The normalized spacial score (nSPS) is 15.2. The van der Waals surface area contributed by atoms with E-state index in [4.69, 9.17) is 4.42 Å². The summed E-state index contributed by atoms with van der Waals surface area (Å²) in [6.07, 6.45) is -0.771. The van der Waals surface area contributed by atoms with E-state index >= 15 is 0 Å². The third-order valence-corrected chi connectivity index (χ3v) is 3.65. The Bertz CT molecular complexity index is 491. The average molecular weight is 364 g/mol. The Morgan fingerprint density at radius 3 is 2.67 bits per heavy atom. The molecule has 1 heterocycles. The minimum atomic E-state index is -0.771. The highest BCUT2D eigenvalue weighted by Crippen LogP contribution is 2.15. The van der Waals surface area contributed by atoms with Crippen LogP contribution in [0, 0.1) is 10.1 Å². The number of hydrogen-bond donors (Lipinski definition) is 3. The van der Waals surface area contributed by atoms with Gasteiger partial charge in [0.1, 0.15) is 4.92 Å². The van der Waals surface area contributed by atoms with Crippen molar-refractivity contribution >= 4 is 27.7 Å². The molecular formula is C12H18BrN3O5. The van der Waals surface area contributed by atoms with Crippen LogP contribution >= 0.6 is 15.9 Å². The van der Waals surface area contributed by atoms with Gasteiger partial charge in [0.05, 0.1) is 12.2 Å². The molecule has 1 rings (SSSR count). The first-order valence-corrected chi connectivity index (χ1v) is 7.30. The van der Waals surface area contributed by atoms with Gasteiger partial charge in [0.25, 0.3) is 5.91 Å². The molecule has 0 saturated carbocycles. The summed E-state index contributed by atoms with van der Waals surface area (Å²) < 4.78 is 4.75. The maximum absolute atomic E-state index is 11.7. The number of nitrogens with one attached hydrogen (secondary N) is 2. The molecular weight excluding hydrogens is 346 g/mol. The Morgan fingerprint density at radius 1 is 1.48 bits per heavy atom. The molecule has 0 aliphatic rings. The zero-order chi connectivity index (χ0) is 16.0. The minimum absolute atomic E-state index is 0.0176. The third kappa shape index (κ3) is 5.82. The molecule has 3 atom stereocenters. The molecule has 0 bridgehead atoms. The summed E-state index contributed by atoms with van der Waals surface area (Å²) in [5.41, 5.74) is 0. The van der Waals surface area contributed by atoms with E-state index in [-0.39, 0.29) is 23.2 Å². The SMILES string of the molecule is C[C@H](Br)[C@H](C)NCC(O)CNC(=O)c1ccc([N+](=O)[O-])o1. The number of nitrogens with zero attached hydrogens (tertiary/aromatic N) is 1. The second-order valence-corrected chi connectivity index (χ2v) is 6.08. The monoisotopic (exact) mass is 363 g/mol. The van der Waals surface area contributed by atoms with Crippen molar-refractivity contribution in [3.05, 3.63) is 28.0 Å². The second kappa shape index (κ2) is 8.11. The Kier molecular flexibility index (Phi) is 6.79. The summed E-state index contributed by atoms with van der Waals surface area (Å²) in [6, 6.07) is 2.49. The van der Waals surface area contributed by atoms with Gasteiger partial charge >= 0.3 is 5.88 Å². The molecule has 0 spiro atoms. The second-order valence-electron chi connectivity index (χ2n) is 4.63. The number of carbonyl (C=O) groups is 1. The molecule has 0 aliphatic heterocycles. The lowest BCUT2D eigenvalue weighted by Crippen LogP contribution is -2.42. The summed E-state index contributed by atoms with van der Waals surface area (Å²) in [6.45, 7) is 4.28. The van der Waals surface area contributed by atoms with E-state index in [2.05, 4.69) is 26.6 Å². The molecule has 8 nitrogen and oxygen atoms in total. The molecule has 1 aromatic rings. The Morgan fingerprint density at radius 2 is 2.14 bits per heavy atom. The van der Waals surface area contributed by atoms with Crippen molar-refractivity contribution < 1.29 is 19.2 Å². The number of furan rings is 1. The number of halogens is 1. The van der Waals surface area contributed by atoms with E-state index in [1.54, 1.807) is 0 Å². The van der Waals surface area contributed by atoms with Gasteiger partial charge in [0.2, 0.25) is 0 Å². The van der Waals surface area contributed by atoms with Crippen LogP contribution in [0.3, 0.4) is 0 Å². The molecule has 3 N–H and O–H groups in total. The van der Waals surface area contributed by atoms with E-state index in [0.29, 0.717) is 6.54 Å². The lowest BCUT2D eigenvalue weighted by molar-refractivity contribution is -0.402. The number of aliphatic hydroxyl groups is 1. The molecule has 118 valence electrons. The molecule has 0 aromatic carbocycles. The number of carbonyl (C=O) groups excluding carboxylic acids is 1. The number of aliphatic hydroxyl groups excluding tert-OH is 1. The van der Waals surface area contributed by atoms with Gasteiger partial charge < -0.3 is 20.2 Å². The third-order valence-electron chi connectivity index (χ3n) is 2.86. The molecule has 1 unspecified atom stereocenters. The van der Waals surface area contributed by atoms with Crippen LogP contribution in [0.4, 0.5) is 5.88 Å². The van der Waals surface area contributed by atoms with Crippen LogP contribution in [0.25, 0.3) is 0 Å². The lowest BCUT2D eigenvalue weighted by Gasteiger charge is -2.19. The van der Waals surface area contributed by atoms with E-state index in [1.807, 2.05) is 13.8 Å². The number of rotatable bonds is 8. The number of nitro groups is 1. The molecule has 21 heavy (non-hydrogen) atoms. The molecule has 0 aliphatic carbocycles. The summed E-state index contributed by atoms with van der Waals surface area (Å²) >= 11 is 3.42. The van der Waals surface area contributed by atoms with Gasteiger partial charge in [-0.15, -0.1) is 0 Å². The van der Waals surface area contributed by atoms with Gasteiger partial charge in [-0.05, 0) is 13.0 Å². The summed E-state index contributed by atoms with van der Waals surface area (Å²) in [5.74, 6) is -1.27. The van der Waals surface area contributed by atoms with Crippen molar-refractivity contribution in [1.82, 2.24) is 10.6 Å². The fourth-order valence-electron chi connectivity index (χ4n) is 1.40. The molecule has 1 aromatic heterocycles. The fraction of sp³-hybridized carbons (Fsp3) is 0.583. The Labute approximate surface area is 130 Å². The summed E-state index contributed by atoms with van der Waals surface area (Å²) in [5, 5.41) is 25.7. The van der Waals surface area contributed by atoms with E-state index in [0.717, 1.165) is 6.07 Å². The van der Waals surface area contributed by atoms with Crippen LogP contribution in [-0.4, -0.2) is 46.0 Å². The van der Waals surface area contributed by atoms with Crippen LogP contribution in [-0.2, 0) is 0 Å². The molecule has 9 heteroatoms. The number of amides is 1. The highest BCUT2D eigenvalue weighted by Gasteiger charge is 2.18. The molecule has 0 radical (unpaired) electrons. The van der Waals surface area contributed by atoms with Crippen LogP contribution < -0.4 is 10.6 Å². The first-order chi connectivity index (χ1) is 9.81. The van der Waals surface area contributed by atoms with Crippen molar-refractivity contribution in [1.29, 1.82) is 0 Å². The van der Waals surface area contributed by atoms with Gasteiger partial charge in [-0.1, -0.05) is 22.9 Å².